The Labute approximate surface area is 242 Å². The van der Waals surface area contributed by atoms with Crippen LogP contribution in [0.1, 0.15) is 44.0 Å². The molecular weight excluding hydrogens is 524 g/mol. The van der Waals surface area contributed by atoms with Crippen LogP contribution in [0, 0.1) is 5.41 Å². The molecule has 41 heavy (non-hydrogen) atoms. The van der Waals surface area contributed by atoms with Gasteiger partial charge in [0.1, 0.15) is 30.5 Å². The largest absolute Gasteiger partial charge is 0.497 e. The number of benzene rings is 3. The second kappa shape index (κ2) is 16.4. The molecule has 3 aromatic rings. The fourth-order valence-corrected chi connectivity index (χ4v) is 3.66. The molecule has 0 atom stereocenters. The lowest BCUT2D eigenvalue weighted by molar-refractivity contribution is -0.145. The average Bonchev–Trinajstić information content (AvgIpc) is 2.97. The van der Waals surface area contributed by atoms with Crippen molar-refractivity contribution >= 4 is 11.9 Å². The van der Waals surface area contributed by atoms with Crippen LogP contribution in [0.3, 0.4) is 0 Å². The maximum Gasteiger partial charge on any atom is 0.343 e. The molecule has 8 heteroatoms. The number of esters is 2. The topological polar surface area (TPSA) is 89.5 Å². The number of rotatable bonds is 16. The van der Waals surface area contributed by atoms with Crippen molar-refractivity contribution in [1.29, 1.82) is 0 Å². The summed E-state index contributed by atoms with van der Waals surface area (Å²) in [5.74, 6) is 1.24. The Morgan fingerprint density at radius 3 is 1.71 bits per heavy atom. The van der Waals surface area contributed by atoms with E-state index in [2.05, 4.69) is 20.8 Å². The smallest absolute Gasteiger partial charge is 0.343 e. The minimum absolute atomic E-state index is 0.113. The van der Waals surface area contributed by atoms with E-state index in [1.165, 1.54) is 0 Å². The third-order valence-corrected chi connectivity index (χ3v) is 6.02. The summed E-state index contributed by atoms with van der Waals surface area (Å²) in [5, 5.41) is 0. The van der Waals surface area contributed by atoms with Crippen LogP contribution in [0.4, 0.5) is 0 Å². The number of ether oxygens (including phenoxy) is 6. The second-order valence-electron chi connectivity index (χ2n) is 10.5. The highest BCUT2D eigenvalue weighted by molar-refractivity contribution is 5.91. The molecule has 220 valence electrons. The quantitative estimate of drug-likeness (QED) is 0.113. The summed E-state index contributed by atoms with van der Waals surface area (Å²) in [5.41, 5.74) is 2.59. The zero-order valence-electron chi connectivity index (χ0n) is 24.4. The molecule has 0 aliphatic heterocycles. The third-order valence-electron chi connectivity index (χ3n) is 6.02. The highest BCUT2D eigenvalue weighted by Gasteiger charge is 2.13. The van der Waals surface area contributed by atoms with Crippen molar-refractivity contribution in [3.63, 3.8) is 0 Å². The van der Waals surface area contributed by atoms with Crippen LogP contribution in [-0.2, 0) is 19.0 Å². The van der Waals surface area contributed by atoms with Gasteiger partial charge in [0.2, 0.25) is 0 Å². The van der Waals surface area contributed by atoms with Gasteiger partial charge >= 0.3 is 11.9 Å². The van der Waals surface area contributed by atoms with Crippen molar-refractivity contribution in [2.45, 2.75) is 33.6 Å². The van der Waals surface area contributed by atoms with Crippen LogP contribution in [-0.4, -0.2) is 58.7 Å². The summed E-state index contributed by atoms with van der Waals surface area (Å²) >= 11 is 0. The van der Waals surface area contributed by atoms with Gasteiger partial charge in [0.15, 0.2) is 0 Å². The highest BCUT2D eigenvalue weighted by Crippen LogP contribution is 2.25. The van der Waals surface area contributed by atoms with Gasteiger partial charge in [-0.05, 0) is 71.5 Å². The second-order valence-corrected chi connectivity index (χ2v) is 10.5. The standard InChI is InChI=1S/C33H40O8/c1-33(2,3)18-17-31(34)40-24-22-38-20-19-37-21-23-39-29-13-9-27(10-14-29)32(35)41-30-15-7-26(8-16-30)25-5-11-28(36-4)12-6-25/h5-16H,17-24H2,1-4H3. The monoisotopic (exact) mass is 564 g/mol. The van der Waals surface area contributed by atoms with Gasteiger partial charge in [0, 0.05) is 6.42 Å². The lowest BCUT2D eigenvalue weighted by Gasteiger charge is -2.16. The minimum atomic E-state index is -0.447. The Morgan fingerprint density at radius 1 is 0.634 bits per heavy atom. The van der Waals surface area contributed by atoms with Crippen LogP contribution in [0.25, 0.3) is 11.1 Å². The van der Waals surface area contributed by atoms with Crippen LogP contribution < -0.4 is 14.2 Å². The third kappa shape index (κ3) is 12.0. The van der Waals surface area contributed by atoms with E-state index in [0.29, 0.717) is 56.5 Å². The van der Waals surface area contributed by atoms with Crippen LogP contribution in [0.2, 0.25) is 0 Å². The maximum absolute atomic E-state index is 12.5. The van der Waals surface area contributed by atoms with Gasteiger partial charge in [0.25, 0.3) is 0 Å². The van der Waals surface area contributed by atoms with E-state index >= 15 is 0 Å². The normalized spacial score (nSPS) is 11.1. The molecular formula is C33H40O8. The van der Waals surface area contributed by atoms with E-state index in [0.717, 1.165) is 23.3 Å². The van der Waals surface area contributed by atoms with Crippen molar-refractivity contribution in [3.8, 4) is 28.4 Å². The molecule has 0 radical (unpaired) electrons. The first kappa shape index (κ1) is 31.6. The van der Waals surface area contributed by atoms with Crippen molar-refractivity contribution in [1.82, 2.24) is 0 Å². The van der Waals surface area contributed by atoms with E-state index < -0.39 is 5.97 Å². The maximum atomic E-state index is 12.5. The molecule has 0 unspecified atom stereocenters. The predicted octanol–water partition coefficient (Wildman–Crippen LogP) is 6.36. The molecule has 0 aliphatic rings. The lowest BCUT2D eigenvalue weighted by Crippen LogP contribution is -2.15. The number of carbonyl (C=O) groups excluding carboxylic acids is 2. The number of methoxy groups -OCH3 is 1. The molecule has 0 amide bonds. The zero-order valence-corrected chi connectivity index (χ0v) is 24.4. The first-order chi connectivity index (χ1) is 19.7. The molecule has 0 spiro atoms. The van der Waals surface area contributed by atoms with Gasteiger partial charge < -0.3 is 28.4 Å². The van der Waals surface area contributed by atoms with E-state index in [1.807, 2.05) is 36.4 Å². The minimum Gasteiger partial charge on any atom is -0.497 e. The predicted molar refractivity (Wildman–Crippen MR) is 157 cm³/mol. The summed E-state index contributed by atoms with van der Waals surface area (Å²) in [4.78, 5) is 24.2. The van der Waals surface area contributed by atoms with E-state index in [9.17, 15) is 9.59 Å². The number of hydrogen-bond donors (Lipinski definition) is 0. The van der Waals surface area contributed by atoms with Crippen LogP contribution >= 0.6 is 0 Å². The molecule has 0 aromatic heterocycles. The first-order valence-corrected chi connectivity index (χ1v) is 13.7. The van der Waals surface area contributed by atoms with Gasteiger partial charge in [-0.15, -0.1) is 0 Å². The molecule has 0 fully saturated rings. The average molecular weight is 565 g/mol. The van der Waals surface area contributed by atoms with Crippen molar-refractivity contribution < 1.29 is 38.0 Å². The van der Waals surface area contributed by atoms with E-state index in [-0.39, 0.29) is 18.0 Å². The summed E-state index contributed by atoms with van der Waals surface area (Å²) < 4.78 is 32.4. The molecule has 3 rings (SSSR count). The Balaban J connectivity index is 1.26. The van der Waals surface area contributed by atoms with Gasteiger partial charge in [-0.1, -0.05) is 45.0 Å². The van der Waals surface area contributed by atoms with Gasteiger partial charge in [-0.2, -0.15) is 0 Å². The molecule has 3 aromatic carbocycles. The molecule has 0 saturated carbocycles. The summed E-state index contributed by atoms with van der Waals surface area (Å²) in [6.07, 6.45) is 1.21. The first-order valence-electron chi connectivity index (χ1n) is 13.7. The fourth-order valence-electron chi connectivity index (χ4n) is 3.66. The van der Waals surface area contributed by atoms with Crippen molar-refractivity contribution in [2.75, 3.05) is 46.8 Å². The highest BCUT2D eigenvalue weighted by atomic mass is 16.6. The van der Waals surface area contributed by atoms with E-state index in [1.54, 1.807) is 43.5 Å². The fraction of sp³-hybridized carbons (Fsp3) is 0.394. The number of hydrogen-bond acceptors (Lipinski definition) is 8. The van der Waals surface area contributed by atoms with Gasteiger partial charge in [0.05, 0.1) is 39.1 Å². The SMILES string of the molecule is COc1ccc(-c2ccc(OC(=O)c3ccc(OCCOCCOCCOC(=O)CCC(C)(C)C)cc3)cc2)cc1. The van der Waals surface area contributed by atoms with E-state index in [4.69, 9.17) is 28.4 Å². The number of carbonyl (C=O) groups is 2. The Kier molecular flexibility index (Phi) is 12.7. The Bertz CT molecular complexity index is 1200. The van der Waals surface area contributed by atoms with Crippen LogP contribution in [0.15, 0.2) is 72.8 Å². The van der Waals surface area contributed by atoms with Crippen LogP contribution in [0.5, 0.6) is 17.2 Å². The molecule has 8 nitrogen and oxygen atoms in total. The summed E-state index contributed by atoms with van der Waals surface area (Å²) in [7, 11) is 1.63. The molecule has 0 bridgehead atoms. The zero-order chi connectivity index (χ0) is 29.5. The molecule has 0 N–H and O–H groups in total. The van der Waals surface area contributed by atoms with Crippen molar-refractivity contribution in [2.24, 2.45) is 5.41 Å². The van der Waals surface area contributed by atoms with Crippen molar-refractivity contribution in [3.05, 3.63) is 78.4 Å². The van der Waals surface area contributed by atoms with Gasteiger partial charge in [-0.3, -0.25) is 4.79 Å². The summed E-state index contributed by atoms with van der Waals surface area (Å²) in [6.45, 7) is 8.42. The Hall–Kier alpha value is -3.88. The molecule has 0 heterocycles. The lowest BCUT2D eigenvalue weighted by atomic mass is 9.91. The molecule has 0 saturated heterocycles. The van der Waals surface area contributed by atoms with Gasteiger partial charge in [-0.25, -0.2) is 4.79 Å². The Morgan fingerprint density at radius 2 is 1.15 bits per heavy atom. The summed E-state index contributed by atoms with van der Waals surface area (Å²) in [6, 6.07) is 21.9. The molecule has 0 aliphatic carbocycles.